The van der Waals surface area contributed by atoms with Gasteiger partial charge in [-0.05, 0) is 26.5 Å². The molecule has 0 unspecified atom stereocenters. The third-order valence-electron chi connectivity index (χ3n) is 3.14. The Hall–Kier alpha value is -1.13. The second-order valence-electron chi connectivity index (χ2n) is 4.70. The molecule has 1 aromatic heterocycles. The average Bonchev–Trinajstić information content (AvgIpc) is 2.36. The summed E-state index contributed by atoms with van der Waals surface area (Å²) in [5, 5.41) is 0. The van der Waals surface area contributed by atoms with E-state index >= 15 is 0 Å². The Balaban J connectivity index is 2.88. The Morgan fingerprint density at radius 3 is 2.71 bits per heavy atom. The molecule has 0 aromatic carbocycles. The fourth-order valence-electron chi connectivity index (χ4n) is 1.82. The molecule has 0 aliphatic rings. The standard InChI is InChI=1S/C13H23N3O/c1-5-16(13(2,3)10-14)9-11-7-6-8-15-12(11)17-4/h6-8H,5,9-10,14H2,1-4H3. The van der Waals surface area contributed by atoms with E-state index in [1.165, 1.54) is 0 Å². The van der Waals surface area contributed by atoms with Gasteiger partial charge in [0.1, 0.15) is 0 Å². The monoisotopic (exact) mass is 237 g/mol. The van der Waals surface area contributed by atoms with Crippen LogP contribution in [-0.4, -0.2) is 35.6 Å². The Labute approximate surface area is 104 Å². The highest BCUT2D eigenvalue weighted by Gasteiger charge is 2.24. The summed E-state index contributed by atoms with van der Waals surface area (Å²) in [6.07, 6.45) is 1.74. The lowest BCUT2D eigenvalue weighted by atomic mass is 10.0. The van der Waals surface area contributed by atoms with Crippen LogP contribution in [0.4, 0.5) is 0 Å². The van der Waals surface area contributed by atoms with Crippen molar-refractivity contribution in [3.8, 4) is 5.88 Å². The van der Waals surface area contributed by atoms with Crippen molar-refractivity contribution in [1.29, 1.82) is 0 Å². The van der Waals surface area contributed by atoms with Crippen molar-refractivity contribution in [2.75, 3.05) is 20.2 Å². The molecule has 0 atom stereocenters. The molecular formula is C13H23N3O. The summed E-state index contributed by atoms with van der Waals surface area (Å²) in [7, 11) is 1.65. The van der Waals surface area contributed by atoms with Gasteiger partial charge in [-0.2, -0.15) is 0 Å². The molecule has 0 fully saturated rings. The van der Waals surface area contributed by atoms with E-state index in [2.05, 4.69) is 30.7 Å². The van der Waals surface area contributed by atoms with Gasteiger partial charge < -0.3 is 10.5 Å². The number of nitrogens with two attached hydrogens (primary N) is 1. The van der Waals surface area contributed by atoms with E-state index < -0.39 is 0 Å². The molecule has 96 valence electrons. The van der Waals surface area contributed by atoms with E-state index in [0.717, 1.165) is 18.7 Å². The highest BCUT2D eigenvalue weighted by molar-refractivity contribution is 5.25. The van der Waals surface area contributed by atoms with E-state index in [9.17, 15) is 0 Å². The Bertz CT molecular complexity index is 352. The van der Waals surface area contributed by atoms with Gasteiger partial charge in [-0.1, -0.05) is 13.0 Å². The summed E-state index contributed by atoms with van der Waals surface area (Å²) in [5.41, 5.74) is 6.90. The maximum Gasteiger partial charge on any atom is 0.217 e. The predicted molar refractivity (Wildman–Crippen MR) is 70.0 cm³/mol. The molecule has 0 bridgehead atoms. The zero-order valence-corrected chi connectivity index (χ0v) is 11.2. The number of hydrogen-bond acceptors (Lipinski definition) is 4. The van der Waals surface area contributed by atoms with Crippen molar-refractivity contribution in [1.82, 2.24) is 9.88 Å². The number of hydrogen-bond donors (Lipinski definition) is 1. The number of ether oxygens (including phenoxy) is 1. The quantitative estimate of drug-likeness (QED) is 0.817. The van der Waals surface area contributed by atoms with E-state index in [4.69, 9.17) is 10.5 Å². The lowest BCUT2D eigenvalue weighted by Gasteiger charge is -2.37. The minimum Gasteiger partial charge on any atom is -0.481 e. The number of rotatable bonds is 6. The highest BCUT2D eigenvalue weighted by atomic mass is 16.5. The fraction of sp³-hybridized carbons (Fsp3) is 0.615. The molecule has 0 saturated heterocycles. The van der Waals surface area contributed by atoms with Crippen LogP contribution in [0, 0.1) is 0 Å². The maximum atomic E-state index is 5.82. The molecule has 0 spiro atoms. The van der Waals surface area contributed by atoms with Gasteiger partial charge >= 0.3 is 0 Å². The van der Waals surface area contributed by atoms with Gasteiger partial charge in [0.05, 0.1) is 7.11 Å². The second kappa shape index (κ2) is 5.98. The van der Waals surface area contributed by atoms with Gasteiger partial charge in [-0.25, -0.2) is 4.98 Å². The summed E-state index contributed by atoms with van der Waals surface area (Å²) >= 11 is 0. The van der Waals surface area contributed by atoms with Crippen molar-refractivity contribution in [2.45, 2.75) is 32.9 Å². The van der Waals surface area contributed by atoms with Gasteiger partial charge in [0.2, 0.25) is 5.88 Å². The molecule has 17 heavy (non-hydrogen) atoms. The first-order chi connectivity index (χ1) is 8.05. The SMILES string of the molecule is CCN(Cc1cccnc1OC)C(C)(C)CN. The average molecular weight is 237 g/mol. The van der Waals surface area contributed by atoms with Crippen LogP contribution in [0.25, 0.3) is 0 Å². The minimum atomic E-state index is -0.0183. The van der Waals surface area contributed by atoms with E-state index in [0.29, 0.717) is 12.4 Å². The third kappa shape index (κ3) is 3.41. The summed E-state index contributed by atoms with van der Waals surface area (Å²) in [5.74, 6) is 0.693. The van der Waals surface area contributed by atoms with Crippen molar-refractivity contribution in [3.05, 3.63) is 23.9 Å². The Morgan fingerprint density at radius 1 is 1.47 bits per heavy atom. The molecule has 0 radical (unpaired) electrons. The van der Waals surface area contributed by atoms with Crippen LogP contribution in [-0.2, 0) is 6.54 Å². The van der Waals surface area contributed by atoms with Gasteiger partial charge in [-0.3, -0.25) is 4.90 Å². The summed E-state index contributed by atoms with van der Waals surface area (Å²) in [4.78, 5) is 6.54. The molecule has 1 heterocycles. The minimum absolute atomic E-state index is 0.0183. The van der Waals surface area contributed by atoms with Crippen LogP contribution >= 0.6 is 0 Å². The normalized spacial score (nSPS) is 11.9. The van der Waals surface area contributed by atoms with Gasteiger partial charge in [-0.15, -0.1) is 0 Å². The van der Waals surface area contributed by atoms with Crippen LogP contribution in [0.5, 0.6) is 5.88 Å². The van der Waals surface area contributed by atoms with Crippen LogP contribution in [0.1, 0.15) is 26.3 Å². The smallest absolute Gasteiger partial charge is 0.217 e. The lowest BCUT2D eigenvalue weighted by molar-refractivity contribution is 0.124. The first kappa shape index (κ1) is 13.9. The summed E-state index contributed by atoms with van der Waals surface area (Å²) < 4.78 is 5.27. The first-order valence-corrected chi connectivity index (χ1v) is 5.98. The number of likely N-dealkylation sites (N-methyl/N-ethyl adjacent to an activating group) is 1. The number of pyridine rings is 1. The number of methoxy groups -OCH3 is 1. The first-order valence-electron chi connectivity index (χ1n) is 5.98. The van der Waals surface area contributed by atoms with Crippen molar-refractivity contribution < 1.29 is 4.74 Å². The van der Waals surface area contributed by atoms with Crippen molar-refractivity contribution in [2.24, 2.45) is 5.73 Å². The second-order valence-corrected chi connectivity index (χ2v) is 4.70. The Morgan fingerprint density at radius 2 is 2.18 bits per heavy atom. The van der Waals surface area contributed by atoms with Crippen LogP contribution < -0.4 is 10.5 Å². The number of nitrogens with zero attached hydrogens (tertiary/aromatic N) is 2. The van der Waals surface area contributed by atoms with Crippen LogP contribution in [0.15, 0.2) is 18.3 Å². The Kier molecular flexibility index (Phi) is 4.90. The molecule has 2 N–H and O–H groups in total. The molecule has 0 aliphatic carbocycles. The van der Waals surface area contributed by atoms with Crippen molar-refractivity contribution >= 4 is 0 Å². The topological polar surface area (TPSA) is 51.4 Å². The summed E-state index contributed by atoms with van der Waals surface area (Å²) in [6.45, 7) is 8.82. The zero-order chi connectivity index (χ0) is 12.9. The largest absolute Gasteiger partial charge is 0.481 e. The molecule has 4 heteroatoms. The molecular weight excluding hydrogens is 214 g/mol. The lowest BCUT2D eigenvalue weighted by Crippen LogP contribution is -2.48. The molecule has 0 saturated carbocycles. The van der Waals surface area contributed by atoms with E-state index in [-0.39, 0.29) is 5.54 Å². The third-order valence-corrected chi connectivity index (χ3v) is 3.14. The van der Waals surface area contributed by atoms with E-state index in [1.807, 2.05) is 12.1 Å². The highest BCUT2D eigenvalue weighted by Crippen LogP contribution is 2.21. The molecule has 0 amide bonds. The van der Waals surface area contributed by atoms with Gasteiger partial charge in [0.15, 0.2) is 0 Å². The van der Waals surface area contributed by atoms with E-state index in [1.54, 1.807) is 13.3 Å². The van der Waals surface area contributed by atoms with Gasteiger partial charge in [0, 0.05) is 30.4 Å². The van der Waals surface area contributed by atoms with Crippen LogP contribution in [0.3, 0.4) is 0 Å². The van der Waals surface area contributed by atoms with Gasteiger partial charge in [0.25, 0.3) is 0 Å². The molecule has 1 rings (SSSR count). The molecule has 1 aromatic rings. The number of aromatic nitrogens is 1. The summed E-state index contributed by atoms with van der Waals surface area (Å²) in [6, 6.07) is 3.97. The molecule has 4 nitrogen and oxygen atoms in total. The molecule has 0 aliphatic heterocycles. The van der Waals surface area contributed by atoms with Crippen molar-refractivity contribution in [3.63, 3.8) is 0 Å². The predicted octanol–water partition coefficient (Wildman–Crippen LogP) is 1.65. The maximum absolute atomic E-state index is 5.82. The zero-order valence-electron chi connectivity index (χ0n) is 11.2. The fourth-order valence-corrected chi connectivity index (χ4v) is 1.82. The van der Waals surface area contributed by atoms with Crippen LogP contribution in [0.2, 0.25) is 0 Å².